The highest BCUT2D eigenvalue weighted by Crippen LogP contribution is 2.26. The molecule has 0 aliphatic carbocycles. The van der Waals surface area contributed by atoms with Crippen LogP contribution in [0.3, 0.4) is 0 Å². The van der Waals surface area contributed by atoms with Crippen LogP contribution in [-0.4, -0.2) is 46.5 Å². The molecule has 0 unspecified atom stereocenters. The molecule has 6 nitrogen and oxygen atoms in total. The van der Waals surface area contributed by atoms with E-state index >= 15 is 0 Å². The Balaban J connectivity index is 1.68. The number of benzene rings is 1. The summed E-state index contributed by atoms with van der Waals surface area (Å²) in [5, 5.41) is 3.55. The van der Waals surface area contributed by atoms with Crippen LogP contribution < -0.4 is 10.9 Å². The molecule has 0 radical (unpaired) electrons. The summed E-state index contributed by atoms with van der Waals surface area (Å²) >= 11 is 1.29. The lowest BCUT2D eigenvalue weighted by molar-refractivity contribution is 0.0956. The average Bonchev–Trinajstić information content (AvgIpc) is 3.10. The number of fused-ring (bicyclic) bond motifs is 1. The van der Waals surface area contributed by atoms with E-state index in [4.69, 9.17) is 0 Å². The fourth-order valence-electron chi connectivity index (χ4n) is 3.55. The summed E-state index contributed by atoms with van der Waals surface area (Å²) < 4.78 is 1.60. The van der Waals surface area contributed by atoms with Gasteiger partial charge in [-0.2, -0.15) is 0 Å². The number of hydrogen-bond acceptors (Lipinski definition) is 5. The molecule has 0 bridgehead atoms. The quantitative estimate of drug-likeness (QED) is 0.503. The van der Waals surface area contributed by atoms with E-state index in [0.29, 0.717) is 28.2 Å². The molecule has 0 atom stereocenters. The van der Waals surface area contributed by atoms with Gasteiger partial charge in [0.1, 0.15) is 4.83 Å². The summed E-state index contributed by atoms with van der Waals surface area (Å²) in [5.74, 6) is -0.118. The van der Waals surface area contributed by atoms with Crippen LogP contribution in [0.1, 0.15) is 47.5 Å². The van der Waals surface area contributed by atoms with E-state index in [2.05, 4.69) is 29.0 Å². The van der Waals surface area contributed by atoms with Crippen LogP contribution in [0.5, 0.6) is 0 Å². The van der Waals surface area contributed by atoms with E-state index in [-0.39, 0.29) is 11.5 Å². The van der Waals surface area contributed by atoms with Crippen molar-refractivity contribution < 1.29 is 4.79 Å². The fraction of sp³-hybridized carbons (Fsp3) is 0.435. The summed E-state index contributed by atoms with van der Waals surface area (Å²) in [5.41, 5.74) is 1.66. The van der Waals surface area contributed by atoms with Crippen molar-refractivity contribution in [3.05, 3.63) is 63.0 Å². The number of amides is 1. The van der Waals surface area contributed by atoms with E-state index in [1.54, 1.807) is 10.9 Å². The second-order valence-corrected chi connectivity index (χ2v) is 8.39. The van der Waals surface area contributed by atoms with E-state index in [1.807, 2.05) is 37.3 Å². The number of hydrogen-bond donors (Lipinski definition) is 1. The number of carbonyl (C=O) groups excluding carboxylic acids is 1. The number of aryl methyl sites for hydroxylation is 1. The summed E-state index contributed by atoms with van der Waals surface area (Å²) in [7, 11) is 0. The van der Waals surface area contributed by atoms with Gasteiger partial charge in [-0.1, -0.05) is 44.2 Å². The predicted molar refractivity (Wildman–Crippen MR) is 124 cm³/mol. The smallest absolute Gasteiger partial charge is 0.262 e. The van der Waals surface area contributed by atoms with Crippen LogP contribution in [0.25, 0.3) is 10.2 Å². The van der Waals surface area contributed by atoms with Crippen molar-refractivity contribution in [1.82, 2.24) is 19.8 Å². The highest BCUT2D eigenvalue weighted by Gasteiger charge is 2.19. The van der Waals surface area contributed by atoms with E-state index in [0.717, 1.165) is 43.6 Å². The highest BCUT2D eigenvalue weighted by atomic mass is 32.1. The topological polar surface area (TPSA) is 67.2 Å². The van der Waals surface area contributed by atoms with Crippen molar-refractivity contribution in [3.63, 3.8) is 0 Å². The molecule has 30 heavy (non-hydrogen) atoms. The van der Waals surface area contributed by atoms with Crippen LogP contribution in [-0.2, 0) is 6.54 Å². The first-order valence-electron chi connectivity index (χ1n) is 10.6. The maximum absolute atomic E-state index is 13.0. The predicted octanol–water partition coefficient (Wildman–Crippen LogP) is 3.67. The second kappa shape index (κ2) is 10.5. The Morgan fingerprint density at radius 2 is 1.90 bits per heavy atom. The molecule has 160 valence electrons. The molecule has 7 heteroatoms. The summed E-state index contributed by atoms with van der Waals surface area (Å²) in [6, 6.07) is 9.82. The largest absolute Gasteiger partial charge is 0.351 e. The molecule has 2 heterocycles. The molecule has 0 fully saturated rings. The van der Waals surface area contributed by atoms with Gasteiger partial charge in [0.25, 0.3) is 11.5 Å². The lowest BCUT2D eigenvalue weighted by Crippen LogP contribution is -2.27. The molecule has 0 aliphatic heterocycles. The zero-order valence-corrected chi connectivity index (χ0v) is 18.8. The number of thiophene rings is 1. The van der Waals surface area contributed by atoms with Gasteiger partial charge in [-0.3, -0.25) is 14.2 Å². The standard InChI is InChI=1S/C23H30N4O2S/c1-4-26(5-2)14-10-9-13-24-21(28)20-17(3)19-22(30-20)25-16-27(23(19)29)15-18-11-7-6-8-12-18/h6-8,11-12,16H,4-5,9-10,13-15H2,1-3H3,(H,24,28). The minimum Gasteiger partial charge on any atom is -0.351 e. The van der Waals surface area contributed by atoms with Gasteiger partial charge in [-0.15, -0.1) is 11.3 Å². The molecule has 3 rings (SSSR count). The average molecular weight is 427 g/mol. The van der Waals surface area contributed by atoms with Crippen LogP contribution in [0, 0.1) is 6.92 Å². The third kappa shape index (κ3) is 5.15. The van der Waals surface area contributed by atoms with Gasteiger partial charge < -0.3 is 10.2 Å². The van der Waals surface area contributed by atoms with Gasteiger partial charge in [0, 0.05) is 6.54 Å². The lowest BCUT2D eigenvalue weighted by Gasteiger charge is -2.17. The summed E-state index contributed by atoms with van der Waals surface area (Å²) in [6.45, 7) is 10.4. The first kappa shape index (κ1) is 22.2. The molecule has 3 aromatic rings. The Kier molecular flexibility index (Phi) is 7.76. The molecular formula is C23H30N4O2S. The Morgan fingerprint density at radius 3 is 2.60 bits per heavy atom. The lowest BCUT2D eigenvalue weighted by atomic mass is 10.2. The SMILES string of the molecule is CCN(CC)CCCCNC(=O)c1sc2ncn(Cc3ccccc3)c(=O)c2c1C. The zero-order chi connectivity index (χ0) is 21.5. The normalized spacial score (nSPS) is 11.3. The number of carbonyl (C=O) groups is 1. The maximum Gasteiger partial charge on any atom is 0.262 e. The third-order valence-corrected chi connectivity index (χ3v) is 6.60. The molecule has 1 aromatic carbocycles. The van der Waals surface area contributed by atoms with Crippen LogP contribution in [0.2, 0.25) is 0 Å². The van der Waals surface area contributed by atoms with Crippen LogP contribution in [0.4, 0.5) is 0 Å². The highest BCUT2D eigenvalue weighted by molar-refractivity contribution is 7.20. The van der Waals surface area contributed by atoms with Gasteiger partial charge in [0.05, 0.1) is 23.1 Å². The van der Waals surface area contributed by atoms with Gasteiger partial charge in [-0.05, 0) is 50.5 Å². The Morgan fingerprint density at radius 1 is 1.17 bits per heavy atom. The zero-order valence-electron chi connectivity index (χ0n) is 18.0. The number of nitrogens with zero attached hydrogens (tertiary/aromatic N) is 3. The van der Waals surface area contributed by atoms with Gasteiger partial charge in [0.15, 0.2) is 0 Å². The molecule has 0 aliphatic rings. The third-order valence-electron chi connectivity index (χ3n) is 5.40. The van der Waals surface area contributed by atoms with Crippen molar-refractivity contribution in [2.45, 2.75) is 40.2 Å². The van der Waals surface area contributed by atoms with Crippen molar-refractivity contribution in [3.8, 4) is 0 Å². The van der Waals surface area contributed by atoms with E-state index < -0.39 is 0 Å². The first-order chi connectivity index (χ1) is 14.5. The van der Waals surface area contributed by atoms with Crippen LogP contribution in [0.15, 0.2) is 41.5 Å². The fourth-order valence-corrected chi connectivity index (χ4v) is 4.61. The molecule has 2 aromatic heterocycles. The van der Waals surface area contributed by atoms with Crippen molar-refractivity contribution in [2.24, 2.45) is 0 Å². The van der Waals surface area contributed by atoms with Gasteiger partial charge >= 0.3 is 0 Å². The Bertz CT molecular complexity index is 1040. The summed E-state index contributed by atoms with van der Waals surface area (Å²) in [4.78, 5) is 33.7. The molecular weight excluding hydrogens is 396 g/mol. The Hall–Kier alpha value is -2.51. The number of rotatable bonds is 10. The molecule has 1 amide bonds. The number of aromatic nitrogens is 2. The molecule has 0 spiro atoms. The minimum atomic E-state index is -0.118. The Labute approximate surface area is 181 Å². The van der Waals surface area contributed by atoms with E-state index in [9.17, 15) is 9.59 Å². The second-order valence-electron chi connectivity index (χ2n) is 7.39. The van der Waals surface area contributed by atoms with Crippen molar-refractivity contribution in [1.29, 1.82) is 0 Å². The van der Waals surface area contributed by atoms with Crippen molar-refractivity contribution >= 4 is 27.5 Å². The van der Waals surface area contributed by atoms with Gasteiger partial charge in [-0.25, -0.2) is 4.98 Å². The number of nitrogens with one attached hydrogen (secondary N) is 1. The minimum absolute atomic E-state index is 0.101. The van der Waals surface area contributed by atoms with Crippen molar-refractivity contribution in [2.75, 3.05) is 26.2 Å². The maximum atomic E-state index is 13.0. The van der Waals surface area contributed by atoms with Gasteiger partial charge in [0.2, 0.25) is 0 Å². The molecule has 0 saturated heterocycles. The first-order valence-corrected chi connectivity index (χ1v) is 11.4. The van der Waals surface area contributed by atoms with E-state index in [1.165, 1.54) is 11.3 Å². The van der Waals surface area contributed by atoms with Crippen LogP contribution >= 0.6 is 11.3 Å². The monoisotopic (exact) mass is 426 g/mol. The number of unbranched alkanes of at least 4 members (excludes halogenated alkanes) is 1. The molecule has 0 saturated carbocycles. The summed E-state index contributed by atoms with van der Waals surface area (Å²) in [6.07, 6.45) is 3.57. The molecule has 1 N–H and O–H groups in total.